The number of aromatic nitrogens is 1. The maximum Gasteiger partial charge on any atom is 0.224 e. The maximum atomic E-state index is 12.4. The number of ketones is 1. The fourth-order valence-corrected chi connectivity index (χ4v) is 3.24. The molecule has 3 aromatic rings. The minimum Gasteiger partial charge on any atom is -0.354 e. The summed E-state index contributed by atoms with van der Waals surface area (Å²) in [7, 11) is 1.79. The van der Waals surface area contributed by atoms with Crippen LogP contribution in [0.5, 0.6) is 5.75 Å². The summed E-state index contributed by atoms with van der Waals surface area (Å²) in [5, 5.41) is 4.50. The molecular formula is C20H18ClFN2O3. The Morgan fingerprint density at radius 1 is 1.22 bits per heavy atom. The van der Waals surface area contributed by atoms with E-state index in [0.717, 1.165) is 10.9 Å². The van der Waals surface area contributed by atoms with Gasteiger partial charge in [-0.25, -0.2) is 0 Å². The highest BCUT2D eigenvalue weighted by Crippen LogP contribution is 2.33. The van der Waals surface area contributed by atoms with Crippen molar-refractivity contribution in [3.05, 3.63) is 58.9 Å². The molecule has 0 bridgehead atoms. The van der Waals surface area contributed by atoms with Crippen LogP contribution in [0.25, 0.3) is 10.8 Å². The van der Waals surface area contributed by atoms with Crippen LogP contribution < -0.4 is 10.3 Å². The number of halogens is 2. The van der Waals surface area contributed by atoms with Gasteiger partial charge >= 0.3 is 0 Å². The zero-order chi connectivity index (χ0) is 19.6. The molecule has 3 rings (SSSR count). The summed E-state index contributed by atoms with van der Waals surface area (Å²) in [6.45, 7) is 1.46. The minimum atomic E-state index is -0.178. The molecule has 0 fully saturated rings. The number of amides is 1. The number of carbonyl (C=O) groups is 2. The average molecular weight is 389 g/mol. The van der Waals surface area contributed by atoms with Gasteiger partial charge in [-0.2, -0.15) is 0 Å². The van der Waals surface area contributed by atoms with Crippen molar-refractivity contribution in [2.24, 2.45) is 7.05 Å². The Morgan fingerprint density at radius 2 is 2.00 bits per heavy atom. The normalized spacial score (nSPS) is 10.8. The van der Waals surface area contributed by atoms with E-state index in [1.165, 1.54) is 13.0 Å². The van der Waals surface area contributed by atoms with E-state index in [4.69, 9.17) is 11.6 Å². The Hall–Kier alpha value is -2.86. The molecule has 1 N–H and O–H groups in total. The van der Waals surface area contributed by atoms with Crippen LogP contribution in [0.1, 0.15) is 29.3 Å². The highest BCUT2D eigenvalue weighted by molar-refractivity contribution is 6.37. The quantitative estimate of drug-likeness (QED) is 0.613. The molecule has 0 saturated heterocycles. The predicted molar refractivity (Wildman–Crippen MR) is 103 cm³/mol. The van der Waals surface area contributed by atoms with Crippen molar-refractivity contribution in [3.8, 4) is 5.75 Å². The first-order chi connectivity index (χ1) is 12.9. The largest absolute Gasteiger partial charge is 0.354 e. The average Bonchev–Trinajstić information content (AvgIpc) is 3.00. The van der Waals surface area contributed by atoms with Crippen LogP contribution >= 0.6 is 11.6 Å². The van der Waals surface area contributed by atoms with Gasteiger partial charge in [0.05, 0.1) is 16.3 Å². The van der Waals surface area contributed by atoms with Crippen molar-refractivity contribution in [1.82, 2.24) is 4.57 Å². The Kier molecular flexibility index (Phi) is 5.46. The monoisotopic (exact) mass is 388 g/mol. The van der Waals surface area contributed by atoms with E-state index >= 15 is 0 Å². The zero-order valence-electron chi connectivity index (χ0n) is 14.9. The molecule has 1 aromatic heterocycles. The molecule has 5 nitrogen and oxygen atoms in total. The third kappa shape index (κ3) is 4.11. The number of nitrogens with zero attached hydrogens (tertiary/aromatic N) is 1. The summed E-state index contributed by atoms with van der Waals surface area (Å²) >= 11 is 6.10. The summed E-state index contributed by atoms with van der Waals surface area (Å²) in [6.07, 6.45) is 4.16. The fourth-order valence-electron chi connectivity index (χ4n) is 2.97. The second-order valence-electron chi connectivity index (χ2n) is 6.37. The van der Waals surface area contributed by atoms with Gasteiger partial charge in [-0.15, -0.1) is 0 Å². The number of rotatable bonds is 6. The van der Waals surface area contributed by atoms with Gasteiger partial charge in [0.15, 0.2) is 11.5 Å². The lowest BCUT2D eigenvalue weighted by molar-refractivity contribution is -0.116. The molecule has 0 aliphatic heterocycles. The van der Waals surface area contributed by atoms with Gasteiger partial charge in [0.1, 0.15) is 0 Å². The van der Waals surface area contributed by atoms with Crippen molar-refractivity contribution in [1.29, 1.82) is 0 Å². The first kappa shape index (κ1) is 18.9. The molecule has 0 radical (unpaired) electrons. The second-order valence-corrected chi connectivity index (χ2v) is 6.74. The lowest BCUT2D eigenvalue weighted by atomic mass is 10.0. The van der Waals surface area contributed by atoms with E-state index in [-0.39, 0.29) is 28.9 Å². The lowest BCUT2D eigenvalue weighted by Gasteiger charge is -2.08. The van der Waals surface area contributed by atoms with Crippen LogP contribution in [-0.2, 0) is 18.3 Å². The SMILES string of the molecule is CC(=O)c1cn(C)cc1NC(=O)CCc1ccc2c(Cl)c(OF)ccc2c1. The van der Waals surface area contributed by atoms with E-state index in [2.05, 4.69) is 10.3 Å². The molecule has 1 amide bonds. The van der Waals surface area contributed by atoms with E-state index in [0.29, 0.717) is 23.1 Å². The van der Waals surface area contributed by atoms with E-state index in [9.17, 15) is 14.1 Å². The van der Waals surface area contributed by atoms with E-state index in [1.807, 2.05) is 12.1 Å². The van der Waals surface area contributed by atoms with Crippen LogP contribution in [0.2, 0.25) is 5.02 Å². The van der Waals surface area contributed by atoms with Crippen LogP contribution in [0.3, 0.4) is 0 Å². The van der Waals surface area contributed by atoms with Gasteiger partial charge in [0, 0.05) is 35.8 Å². The highest BCUT2D eigenvalue weighted by Gasteiger charge is 2.13. The number of nitrogens with one attached hydrogen (secondary N) is 1. The summed E-state index contributed by atoms with van der Waals surface area (Å²) in [5.41, 5.74) is 1.94. The molecule has 0 aliphatic rings. The molecule has 0 spiro atoms. The van der Waals surface area contributed by atoms with Gasteiger partial charge in [-0.3, -0.25) is 14.5 Å². The number of Topliss-reactive ketones (excluding diaryl/α,β-unsaturated/α-hetero) is 1. The van der Waals surface area contributed by atoms with Gasteiger partial charge in [-0.05, 0) is 30.4 Å². The molecule has 0 saturated carbocycles. The molecule has 0 atom stereocenters. The maximum absolute atomic E-state index is 12.4. The first-order valence-electron chi connectivity index (χ1n) is 8.35. The van der Waals surface area contributed by atoms with Crippen molar-refractivity contribution in [2.75, 3.05) is 5.32 Å². The number of hydrogen-bond donors (Lipinski definition) is 1. The first-order valence-corrected chi connectivity index (χ1v) is 8.73. The molecule has 2 aromatic carbocycles. The van der Waals surface area contributed by atoms with Crippen LogP contribution in [0.4, 0.5) is 10.2 Å². The van der Waals surface area contributed by atoms with Crippen molar-refractivity contribution in [2.45, 2.75) is 19.8 Å². The van der Waals surface area contributed by atoms with Crippen LogP contribution in [0, 0.1) is 0 Å². The zero-order valence-corrected chi connectivity index (χ0v) is 15.6. The number of fused-ring (bicyclic) bond motifs is 1. The summed E-state index contributed by atoms with van der Waals surface area (Å²) in [4.78, 5) is 27.6. The topological polar surface area (TPSA) is 60.3 Å². The van der Waals surface area contributed by atoms with E-state index in [1.54, 1.807) is 36.1 Å². The third-order valence-corrected chi connectivity index (χ3v) is 4.71. The lowest BCUT2D eigenvalue weighted by Crippen LogP contribution is -2.13. The number of benzene rings is 2. The number of carbonyl (C=O) groups excluding carboxylic acids is 2. The Balaban J connectivity index is 1.69. The Bertz CT molecular complexity index is 1030. The molecule has 140 valence electrons. The van der Waals surface area contributed by atoms with Crippen LogP contribution in [-0.4, -0.2) is 16.3 Å². The second kappa shape index (κ2) is 7.80. The molecular weight excluding hydrogens is 371 g/mol. The van der Waals surface area contributed by atoms with Gasteiger partial charge < -0.3 is 9.88 Å². The Morgan fingerprint density at radius 3 is 2.70 bits per heavy atom. The molecule has 0 unspecified atom stereocenters. The van der Waals surface area contributed by atoms with Crippen molar-refractivity contribution >= 4 is 39.8 Å². The number of anilines is 1. The molecule has 27 heavy (non-hydrogen) atoms. The minimum absolute atomic E-state index is 0.0274. The smallest absolute Gasteiger partial charge is 0.224 e. The van der Waals surface area contributed by atoms with E-state index < -0.39 is 0 Å². The Labute approximate surface area is 160 Å². The third-order valence-electron chi connectivity index (χ3n) is 4.32. The molecule has 0 aliphatic carbocycles. The standard InChI is InChI=1S/C20H18ClFN2O3/c1-12(25)16-10-24(2)11-17(16)23-19(26)8-4-13-3-6-15-14(9-13)5-7-18(27-22)20(15)21/h3,5-7,9-11H,4,8H2,1-2H3,(H,23,26). The fraction of sp³-hybridized carbons (Fsp3) is 0.200. The molecule has 7 heteroatoms. The summed E-state index contributed by atoms with van der Waals surface area (Å²) < 4.78 is 14.1. The predicted octanol–water partition coefficient (Wildman–Crippen LogP) is 4.87. The molecule has 1 heterocycles. The van der Waals surface area contributed by atoms with Crippen molar-refractivity contribution < 1.29 is 19.1 Å². The van der Waals surface area contributed by atoms with Gasteiger partial charge in [0.25, 0.3) is 0 Å². The highest BCUT2D eigenvalue weighted by atomic mass is 35.5. The van der Waals surface area contributed by atoms with Crippen LogP contribution in [0.15, 0.2) is 42.7 Å². The van der Waals surface area contributed by atoms with Gasteiger partial charge in [0.2, 0.25) is 5.91 Å². The number of hydrogen-bond acceptors (Lipinski definition) is 3. The summed E-state index contributed by atoms with van der Waals surface area (Å²) in [5.74, 6) is -0.308. The summed E-state index contributed by atoms with van der Waals surface area (Å²) in [6, 6.07) is 8.69. The van der Waals surface area contributed by atoms with Gasteiger partial charge in [-0.1, -0.05) is 35.9 Å². The number of aryl methyl sites for hydroxylation is 2. The van der Waals surface area contributed by atoms with Crippen molar-refractivity contribution in [3.63, 3.8) is 0 Å².